The Bertz CT molecular complexity index is 501. The van der Waals surface area contributed by atoms with Crippen molar-refractivity contribution in [1.82, 2.24) is 0 Å². The van der Waals surface area contributed by atoms with Crippen molar-refractivity contribution in [3.8, 4) is 0 Å². The maximum Gasteiger partial charge on any atom is 0.122 e. The lowest BCUT2D eigenvalue weighted by Gasteiger charge is -2.25. The van der Waals surface area contributed by atoms with Crippen LogP contribution in [0.3, 0.4) is 0 Å². The minimum atomic E-state index is -2.31. The summed E-state index contributed by atoms with van der Waals surface area (Å²) in [5, 5.41) is 63.4. The molecule has 218 valence electrons. The topological polar surface area (TPSA) is 162 Å². The standard InChI is InChI=1S/C21H46NO.C6H12O7/c1-5-6-7-15-18-21(23)19-16-13-11-9-8-10-12-14-17-20-22(2,3)4;7-1-2(8)3(9)4(10)5(11)6(12)13/h21,23H,5-20H2,1-4H3;2-5,7-11H,1H2,(H,12,13)/q+1;/p-1/t;2-,3-,4+,5-/m.1/s1. The molecule has 6 N–H and O–H groups in total. The number of carboxylic acid groups (broad SMARTS) is 1. The lowest BCUT2D eigenvalue weighted by Crippen LogP contribution is -2.52. The van der Waals surface area contributed by atoms with Crippen LogP contribution in [-0.4, -0.2) is 106 Å². The predicted molar refractivity (Wildman–Crippen MR) is 140 cm³/mol. The highest BCUT2D eigenvalue weighted by molar-refractivity contribution is 5.70. The number of aliphatic carboxylic acids is 1. The first-order valence-corrected chi connectivity index (χ1v) is 13.9. The van der Waals surface area contributed by atoms with Gasteiger partial charge in [0.25, 0.3) is 0 Å². The second-order valence-electron chi connectivity index (χ2n) is 11.0. The molecular formula is C27H57NO8. The Kier molecular flexibility index (Phi) is 24.2. The number of carbonyl (C=O) groups is 1. The molecule has 0 saturated heterocycles. The zero-order valence-corrected chi connectivity index (χ0v) is 23.4. The van der Waals surface area contributed by atoms with E-state index in [1.54, 1.807) is 0 Å². The maximum atomic E-state index is 9.98. The lowest BCUT2D eigenvalue weighted by molar-refractivity contribution is -0.870. The van der Waals surface area contributed by atoms with Gasteiger partial charge >= 0.3 is 0 Å². The molecule has 0 aromatic heterocycles. The fraction of sp³-hybridized carbons (Fsp3) is 0.963. The zero-order chi connectivity index (χ0) is 28.0. The van der Waals surface area contributed by atoms with Crippen molar-refractivity contribution in [1.29, 1.82) is 0 Å². The van der Waals surface area contributed by atoms with E-state index in [9.17, 15) is 15.0 Å². The van der Waals surface area contributed by atoms with Crippen molar-refractivity contribution in [3.63, 3.8) is 0 Å². The van der Waals surface area contributed by atoms with Gasteiger partial charge in [-0.25, -0.2) is 0 Å². The highest BCUT2D eigenvalue weighted by Gasteiger charge is 2.30. The number of aliphatic hydroxyl groups excluding tert-OH is 6. The third kappa shape index (κ3) is 23.6. The van der Waals surface area contributed by atoms with Gasteiger partial charge in [-0.3, -0.25) is 0 Å². The Balaban J connectivity index is 0. The van der Waals surface area contributed by atoms with Gasteiger partial charge in [0.15, 0.2) is 0 Å². The highest BCUT2D eigenvalue weighted by atomic mass is 16.4. The summed E-state index contributed by atoms with van der Waals surface area (Å²) < 4.78 is 1.10. The number of quaternary nitrogens is 1. The van der Waals surface area contributed by atoms with E-state index in [4.69, 9.17) is 25.5 Å². The van der Waals surface area contributed by atoms with Crippen molar-refractivity contribution in [3.05, 3.63) is 0 Å². The Hall–Kier alpha value is -0.810. The van der Waals surface area contributed by atoms with E-state index in [0.717, 1.165) is 17.3 Å². The fourth-order valence-corrected chi connectivity index (χ4v) is 3.82. The lowest BCUT2D eigenvalue weighted by atomic mass is 10.0. The van der Waals surface area contributed by atoms with Crippen LogP contribution in [0.5, 0.6) is 0 Å². The first-order chi connectivity index (χ1) is 16.9. The largest absolute Gasteiger partial charge is 0.547 e. The summed E-state index contributed by atoms with van der Waals surface area (Å²) in [5.41, 5.74) is 0. The molecule has 0 radical (unpaired) electrons. The van der Waals surface area contributed by atoms with Gasteiger partial charge in [0.05, 0.1) is 46.4 Å². The van der Waals surface area contributed by atoms with Crippen LogP contribution in [0.25, 0.3) is 0 Å². The van der Waals surface area contributed by atoms with Crippen molar-refractivity contribution < 1.29 is 45.0 Å². The first-order valence-electron chi connectivity index (χ1n) is 13.9. The maximum absolute atomic E-state index is 9.98. The van der Waals surface area contributed by atoms with Gasteiger partial charge in [-0.05, 0) is 25.7 Å². The molecule has 5 atom stereocenters. The van der Waals surface area contributed by atoms with Crippen LogP contribution in [0.15, 0.2) is 0 Å². The van der Waals surface area contributed by atoms with Gasteiger partial charge in [-0.1, -0.05) is 77.6 Å². The van der Waals surface area contributed by atoms with Crippen LogP contribution in [0, 0.1) is 0 Å². The zero-order valence-electron chi connectivity index (χ0n) is 23.4. The monoisotopic (exact) mass is 523 g/mol. The average molecular weight is 524 g/mol. The van der Waals surface area contributed by atoms with Gasteiger partial charge < -0.3 is 45.0 Å². The Morgan fingerprint density at radius 1 is 0.694 bits per heavy atom. The Labute approximate surface area is 219 Å². The van der Waals surface area contributed by atoms with Gasteiger partial charge in [-0.2, -0.15) is 0 Å². The molecule has 9 heteroatoms. The molecule has 36 heavy (non-hydrogen) atoms. The summed E-state index contributed by atoms with van der Waals surface area (Å²) in [6.07, 6.45) is 11.3. The number of aliphatic hydroxyl groups is 6. The van der Waals surface area contributed by atoms with E-state index >= 15 is 0 Å². The van der Waals surface area contributed by atoms with Crippen LogP contribution in [0.2, 0.25) is 0 Å². The molecule has 0 rings (SSSR count). The van der Waals surface area contributed by atoms with Crippen LogP contribution in [0.4, 0.5) is 0 Å². The minimum absolute atomic E-state index is 0.0342. The number of unbranched alkanes of at least 4 members (excludes halogenated alkanes) is 11. The first kappa shape index (κ1) is 37.3. The molecule has 0 bridgehead atoms. The summed E-state index contributed by atoms with van der Waals surface area (Å²) in [4.78, 5) is 9.98. The number of hydrogen-bond donors (Lipinski definition) is 6. The molecule has 0 aromatic rings. The normalized spacial score (nSPS) is 15.9. The molecule has 0 aliphatic heterocycles. The van der Waals surface area contributed by atoms with E-state index in [0.29, 0.717) is 0 Å². The number of nitrogens with zero attached hydrogens (tertiary/aromatic N) is 1. The number of rotatable bonds is 22. The molecule has 0 aromatic carbocycles. The third-order valence-electron chi connectivity index (χ3n) is 6.25. The average Bonchev–Trinajstić information content (AvgIpc) is 2.82. The molecule has 0 spiro atoms. The van der Waals surface area contributed by atoms with Gasteiger partial charge in [0.2, 0.25) is 0 Å². The van der Waals surface area contributed by atoms with E-state index in [2.05, 4.69) is 28.1 Å². The minimum Gasteiger partial charge on any atom is -0.547 e. The number of hydrogen-bond acceptors (Lipinski definition) is 8. The van der Waals surface area contributed by atoms with Gasteiger partial charge in [0, 0.05) is 0 Å². The van der Waals surface area contributed by atoms with Gasteiger partial charge in [-0.15, -0.1) is 0 Å². The summed E-state index contributed by atoms with van der Waals surface area (Å²) in [6, 6.07) is 0. The van der Waals surface area contributed by atoms with Crippen LogP contribution < -0.4 is 5.11 Å². The van der Waals surface area contributed by atoms with Crippen molar-refractivity contribution in [2.75, 3.05) is 34.3 Å². The molecular weight excluding hydrogens is 466 g/mol. The summed E-state index contributed by atoms with van der Waals surface area (Å²) in [5.74, 6) is -1.98. The van der Waals surface area contributed by atoms with E-state index < -0.39 is 37.0 Å². The number of carboxylic acids is 1. The molecule has 1 unspecified atom stereocenters. The van der Waals surface area contributed by atoms with E-state index in [1.807, 2.05) is 0 Å². The molecule has 0 amide bonds. The smallest absolute Gasteiger partial charge is 0.122 e. The van der Waals surface area contributed by atoms with Crippen LogP contribution >= 0.6 is 0 Å². The number of carbonyl (C=O) groups excluding carboxylic acids is 1. The van der Waals surface area contributed by atoms with Crippen LogP contribution in [0.1, 0.15) is 103 Å². The van der Waals surface area contributed by atoms with Crippen molar-refractivity contribution >= 4 is 5.97 Å². The molecule has 0 aliphatic carbocycles. The summed E-state index contributed by atoms with van der Waals surface area (Å²) in [7, 11) is 6.84. The fourth-order valence-electron chi connectivity index (χ4n) is 3.82. The molecule has 0 fully saturated rings. The second-order valence-corrected chi connectivity index (χ2v) is 11.0. The van der Waals surface area contributed by atoms with E-state index in [1.165, 1.54) is 90.0 Å². The van der Waals surface area contributed by atoms with Crippen molar-refractivity contribution in [2.24, 2.45) is 0 Å². The summed E-state index contributed by atoms with van der Waals surface area (Å²) >= 11 is 0. The third-order valence-corrected chi connectivity index (χ3v) is 6.25. The highest BCUT2D eigenvalue weighted by Crippen LogP contribution is 2.14. The molecule has 0 aliphatic rings. The van der Waals surface area contributed by atoms with Crippen molar-refractivity contribution in [2.45, 2.75) is 134 Å². The Morgan fingerprint density at radius 2 is 1.11 bits per heavy atom. The quantitative estimate of drug-likeness (QED) is 0.0908. The predicted octanol–water partition coefficient (Wildman–Crippen LogP) is 1.10. The van der Waals surface area contributed by atoms with Crippen LogP contribution in [-0.2, 0) is 4.79 Å². The summed E-state index contributed by atoms with van der Waals surface area (Å²) in [6.45, 7) is 2.68. The van der Waals surface area contributed by atoms with Gasteiger partial charge in [0.1, 0.15) is 24.4 Å². The SMILES string of the molecule is CCCCCCC(O)CCCCCCCCCCC[N+](C)(C)C.O=C([O-])[C@H](O)[C@@H](O)[C@H](O)[C@H](O)CO. The second kappa shape index (κ2) is 23.3. The molecule has 0 saturated carbocycles. The van der Waals surface area contributed by atoms with E-state index in [-0.39, 0.29) is 6.10 Å². The Morgan fingerprint density at radius 3 is 1.50 bits per heavy atom. The molecule has 0 heterocycles. The molecule has 9 nitrogen and oxygen atoms in total.